The van der Waals surface area contributed by atoms with Gasteiger partial charge in [-0.15, -0.1) is 0 Å². The van der Waals surface area contributed by atoms with Crippen LogP contribution in [0.5, 0.6) is 0 Å². The molecule has 0 saturated carbocycles. The largest absolute Gasteiger partial charge is 0.0646 e. The summed E-state index contributed by atoms with van der Waals surface area (Å²) in [5, 5.41) is 0. The van der Waals surface area contributed by atoms with Gasteiger partial charge >= 0.3 is 0 Å². The van der Waals surface area contributed by atoms with Gasteiger partial charge in [0.15, 0.2) is 0 Å². The van der Waals surface area contributed by atoms with E-state index in [1.165, 1.54) is 15.6 Å². The van der Waals surface area contributed by atoms with Crippen molar-refractivity contribution in [3.05, 3.63) is 33.4 Å². The minimum atomic E-state index is 0.324. The lowest BCUT2D eigenvalue weighted by Crippen LogP contribution is -2.14. The monoisotopic (exact) mass is 274 g/mol. The van der Waals surface area contributed by atoms with E-state index in [1.54, 1.807) is 0 Å². The number of rotatable bonds is 2. The van der Waals surface area contributed by atoms with Crippen LogP contribution in [-0.2, 0) is 5.41 Å². The maximum atomic E-state index is 2.34. The highest BCUT2D eigenvalue weighted by atomic mass is 127. The van der Waals surface area contributed by atoms with Gasteiger partial charge in [0.05, 0.1) is 0 Å². The lowest BCUT2D eigenvalue weighted by atomic mass is 9.82. The van der Waals surface area contributed by atoms with E-state index in [9.17, 15) is 0 Å². The Hall–Kier alpha value is -0.0500. The standard InChI is InChI=1S/C11H15I/c1-4-11(2,3)9-5-7-10(12)8-6-9/h5-8H,4H2,1-3H3. The molecular weight excluding hydrogens is 259 g/mol. The van der Waals surface area contributed by atoms with E-state index in [4.69, 9.17) is 0 Å². The Morgan fingerprint density at radius 3 is 2.08 bits per heavy atom. The van der Waals surface area contributed by atoms with Gasteiger partial charge in [-0.3, -0.25) is 0 Å². The van der Waals surface area contributed by atoms with Gasteiger partial charge in [-0.1, -0.05) is 32.9 Å². The zero-order valence-corrected chi connectivity index (χ0v) is 10.1. The molecule has 0 saturated heterocycles. The minimum absolute atomic E-state index is 0.324. The van der Waals surface area contributed by atoms with Gasteiger partial charge in [-0.05, 0) is 52.1 Å². The molecule has 1 rings (SSSR count). The van der Waals surface area contributed by atoms with E-state index in [0.29, 0.717) is 5.41 Å². The summed E-state index contributed by atoms with van der Waals surface area (Å²) in [7, 11) is 0. The summed E-state index contributed by atoms with van der Waals surface area (Å²) >= 11 is 2.34. The zero-order chi connectivity index (χ0) is 9.19. The SMILES string of the molecule is CCC(C)(C)c1ccc(I)cc1. The van der Waals surface area contributed by atoms with Crippen LogP contribution in [-0.4, -0.2) is 0 Å². The Morgan fingerprint density at radius 1 is 1.17 bits per heavy atom. The average Bonchev–Trinajstić information content (AvgIpc) is 2.05. The van der Waals surface area contributed by atoms with Crippen molar-refractivity contribution in [1.82, 2.24) is 0 Å². The molecule has 0 aromatic heterocycles. The first-order valence-corrected chi connectivity index (χ1v) is 5.40. The topological polar surface area (TPSA) is 0 Å². The molecule has 0 atom stereocenters. The highest BCUT2D eigenvalue weighted by Gasteiger charge is 2.16. The third-order valence-electron chi connectivity index (χ3n) is 2.51. The molecule has 0 fully saturated rings. The molecule has 0 aliphatic carbocycles. The van der Waals surface area contributed by atoms with E-state index in [2.05, 4.69) is 67.6 Å². The van der Waals surface area contributed by atoms with Crippen LogP contribution in [0.2, 0.25) is 0 Å². The lowest BCUT2D eigenvalue weighted by Gasteiger charge is -2.23. The molecule has 0 nitrogen and oxygen atoms in total. The smallest absolute Gasteiger partial charge is 0.0130 e. The predicted molar refractivity (Wildman–Crippen MR) is 62.5 cm³/mol. The van der Waals surface area contributed by atoms with Crippen LogP contribution in [0.4, 0.5) is 0 Å². The molecule has 0 aliphatic rings. The Balaban J connectivity index is 2.96. The van der Waals surface area contributed by atoms with Crippen LogP contribution in [0.25, 0.3) is 0 Å². The Morgan fingerprint density at radius 2 is 1.67 bits per heavy atom. The lowest BCUT2D eigenvalue weighted by molar-refractivity contribution is 0.506. The van der Waals surface area contributed by atoms with Gasteiger partial charge in [0.25, 0.3) is 0 Å². The van der Waals surface area contributed by atoms with E-state index in [-0.39, 0.29) is 0 Å². The molecule has 0 spiro atoms. The summed E-state index contributed by atoms with van der Waals surface area (Å²) in [4.78, 5) is 0. The van der Waals surface area contributed by atoms with Crippen molar-refractivity contribution in [3.8, 4) is 0 Å². The molecule has 1 aromatic rings. The van der Waals surface area contributed by atoms with Gasteiger partial charge < -0.3 is 0 Å². The Kier molecular flexibility index (Phi) is 3.16. The molecule has 0 bridgehead atoms. The fraction of sp³-hybridized carbons (Fsp3) is 0.455. The van der Waals surface area contributed by atoms with Crippen molar-refractivity contribution in [1.29, 1.82) is 0 Å². The Labute approximate surface area is 88.5 Å². The number of benzene rings is 1. The average molecular weight is 274 g/mol. The summed E-state index contributed by atoms with van der Waals surface area (Å²) in [6, 6.07) is 8.80. The maximum absolute atomic E-state index is 2.34. The fourth-order valence-corrected chi connectivity index (χ4v) is 1.46. The van der Waals surface area contributed by atoms with Gasteiger partial charge in [-0.25, -0.2) is 0 Å². The van der Waals surface area contributed by atoms with Crippen molar-refractivity contribution in [2.75, 3.05) is 0 Å². The second-order valence-corrected chi connectivity index (χ2v) is 4.99. The molecule has 66 valence electrons. The summed E-state index contributed by atoms with van der Waals surface area (Å²) in [6.45, 7) is 6.81. The number of hydrogen-bond donors (Lipinski definition) is 0. The third-order valence-corrected chi connectivity index (χ3v) is 3.23. The van der Waals surface area contributed by atoms with Crippen molar-refractivity contribution < 1.29 is 0 Å². The first-order valence-electron chi connectivity index (χ1n) is 4.32. The molecular formula is C11H15I. The quantitative estimate of drug-likeness (QED) is 0.715. The molecule has 1 heteroatoms. The van der Waals surface area contributed by atoms with Crippen molar-refractivity contribution in [2.24, 2.45) is 0 Å². The van der Waals surface area contributed by atoms with Crippen LogP contribution < -0.4 is 0 Å². The molecule has 0 unspecified atom stereocenters. The van der Waals surface area contributed by atoms with Gasteiger partial charge in [0.2, 0.25) is 0 Å². The van der Waals surface area contributed by atoms with Crippen LogP contribution in [0.15, 0.2) is 24.3 Å². The highest BCUT2D eigenvalue weighted by Crippen LogP contribution is 2.26. The van der Waals surface area contributed by atoms with Crippen molar-refractivity contribution in [3.63, 3.8) is 0 Å². The molecule has 0 heterocycles. The summed E-state index contributed by atoms with van der Waals surface area (Å²) in [5.41, 5.74) is 1.76. The molecule has 0 aliphatic heterocycles. The third kappa shape index (κ3) is 2.22. The van der Waals surface area contributed by atoms with Crippen LogP contribution in [0, 0.1) is 3.57 Å². The maximum Gasteiger partial charge on any atom is 0.0130 e. The van der Waals surface area contributed by atoms with Gasteiger partial charge in [-0.2, -0.15) is 0 Å². The van der Waals surface area contributed by atoms with E-state index >= 15 is 0 Å². The van der Waals surface area contributed by atoms with Gasteiger partial charge in [0.1, 0.15) is 0 Å². The van der Waals surface area contributed by atoms with Crippen LogP contribution in [0.1, 0.15) is 32.8 Å². The predicted octanol–water partition coefficient (Wildman–Crippen LogP) is 3.98. The van der Waals surface area contributed by atoms with Crippen molar-refractivity contribution in [2.45, 2.75) is 32.6 Å². The second-order valence-electron chi connectivity index (χ2n) is 3.74. The fourth-order valence-electron chi connectivity index (χ4n) is 1.11. The van der Waals surface area contributed by atoms with E-state index in [0.717, 1.165) is 0 Å². The van der Waals surface area contributed by atoms with Gasteiger partial charge in [0, 0.05) is 3.57 Å². The molecule has 0 amide bonds. The summed E-state index contributed by atoms with van der Waals surface area (Å²) in [6.07, 6.45) is 1.19. The normalized spacial score (nSPS) is 11.7. The molecule has 12 heavy (non-hydrogen) atoms. The zero-order valence-electron chi connectivity index (χ0n) is 7.89. The van der Waals surface area contributed by atoms with Crippen LogP contribution in [0.3, 0.4) is 0 Å². The highest BCUT2D eigenvalue weighted by molar-refractivity contribution is 14.1. The Bertz CT molecular complexity index is 246. The van der Waals surface area contributed by atoms with E-state index in [1.807, 2.05) is 0 Å². The number of halogens is 1. The summed E-state index contributed by atoms with van der Waals surface area (Å²) in [5.74, 6) is 0. The van der Waals surface area contributed by atoms with E-state index < -0.39 is 0 Å². The first kappa shape index (κ1) is 10.0. The number of hydrogen-bond acceptors (Lipinski definition) is 0. The van der Waals surface area contributed by atoms with Crippen molar-refractivity contribution >= 4 is 22.6 Å². The first-order chi connectivity index (χ1) is 5.56. The van der Waals surface area contributed by atoms with Crippen LogP contribution >= 0.6 is 22.6 Å². The molecule has 0 N–H and O–H groups in total. The second kappa shape index (κ2) is 3.77. The minimum Gasteiger partial charge on any atom is -0.0646 e. The molecule has 1 aromatic carbocycles. The molecule has 0 radical (unpaired) electrons. The summed E-state index contributed by atoms with van der Waals surface area (Å²) < 4.78 is 1.31.